The molecule has 0 radical (unpaired) electrons. The summed E-state index contributed by atoms with van der Waals surface area (Å²) in [5.74, 6) is -2.58. The Balaban J connectivity index is 1.75. The second-order valence-electron chi connectivity index (χ2n) is 7.74. The monoisotopic (exact) mass is 544 g/mol. The maximum absolute atomic E-state index is 13.4. The van der Waals surface area contributed by atoms with Crippen molar-refractivity contribution in [2.24, 2.45) is 0 Å². The molecule has 0 atom stereocenters. The topological polar surface area (TPSA) is 156 Å². The number of aromatic nitrogens is 7. The molecule has 16 heteroatoms. The summed E-state index contributed by atoms with van der Waals surface area (Å²) in [4.78, 5) is 30.7. The average Bonchev–Trinajstić information content (AvgIpc) is 3.50. The summed E-state index contributed by atoms with van der Waals surface area (Å²) in [6.07, 6.45) is -3.35. The summed E-state index contributed by atoms with van der Waals surface area (Å²) >= 11 is 6.27. The molecule has 0 spiro atoms. The molecule has 12 nitrogen and oxygen atoms in total. The lowest BCUT2D eigenvalue weighted by molar-refractivity contribution is -0.145. The summed E-state index contributed by atoms with van der Waals surface area (Å²) in [7, 11) is 1.38. The van der Waals surface area contributed by atoms with E-state index in [2.05, 4.69) is 36.1 Å². The van der Waals surface area contributed by atoms with Crippen molar-refractivity contribution in [1.29, 1.82) is 5.26 Å². The summed E-state index contributed by atoms with van der Waals surface area (Å²) in [5, 5.41) is 28.5. The number of nitriles is 1. The summed E-state index contributed by atoms with van der Waals surface area (Å²) in [6.45, 7) is 1.23. The van der Waals surface area contributed by atoms with E-state index in [0.717, 1.165) is 0 Å². The summed E-state index contributed by atoms with van der Waals surface area (Å²) in [6, 6.07) is 9.14. The quantitative estimate of drug-likeness (QED) is 0.375. The molecule has 0 saturated carbocycles. The molecular weight excluding hydrogens is 529 g/mol. The van der Waals surface area contributed by atoms with E-state index >= 15 is 0 Å². The lowest BCUT2D eigenvalue weighted by atomic mass is 9.97. The van der Waals surface area contributed by atoms with Gasteiger partial charge < -0.3 is 10.6 Å². The number of carbonyl (C=O) groups excluding carboxylic acids is 2. The highest BCUT2D eigenvalue weighted by Crippen LogP contribution is 2.26. The van der Waals surface area contributed by atoms with E-state index in [9.17, 15) is 28.0 Å². The second kappa shape index (κ2) is 10.3. The molecule has 0 fully saturated rings. The van der Waals surface area contributed by atoms with E-state index in [4.69, 9.17) is 11.6 Å². The number of benzene rings is 1. The predicted molar refractivity (Wildman–Crippen MR) is 126 cm³/mol. The molecule has 1 aromatic carbocycles. The number of halogens is 4. The molecule has 0 unspecified atom stereocenters. The zero-order chi connectivity index (χ0) is 27.6. The number of hydrogen-bond donors (Lipinski definition) is 2. The van der Waals surface area contributed by atoms with Crippen LogP contribution in [0.5, 0.6) is 0 Å². The maximum atomic E-state index is 13.4. The van der Waals surface area contributed by atoms with Gasteiger partial charge in [-0.2, -0.15) is 33.0 Å². The first-order valence-electron chi connectivity index (χ1n) is 10.6. The zero-order valence-corrected chi connectivity index (χ0v) is 20.3. The van der Waals surface area contributed by atoms with Gasteiger partial charge in [0.15, 0.2) is 5.82 Å². The number of amides is 2. The first-order chi connectivity index (χ1) is 18.0. The average molecular weight is 545 g/mol. The van der Waals surface area contributed by atoms with Crippen molar-refractivity contribution in [1.82, 2.24) is 40.3 Å². The molecule has 2 amide bonds. The van der Waals surface area contributed by atoms with Crippen molar-refractivity contribution in [2.75, 3.05) is 12.4 Å². The third-order valence-corrected chi connectivity index (χ3v) is 5.41. The number of aryl methyl sites for hydroxylation is 1. The Hall–Kier alpha value is -4.84. The number of hydrogen-bond acceptors (Lipinski definition) is 8. The number of pyridine rings is 1. The van der Waals surface area contributed by atoms with E-state index in [0.29, 0.717) is 10.4 Å². The van der Waals surface area contributed by atoms with E-state index in [1.54, 1.807) is 13.0 Å². The van der Waals surface area contributed by atoms with Crippen LogP contribution in [0.15, 0.2) is 36.5 Å². The molecular formula is C22H16ClF3N10O2. The first-order valence-corrected chi connectivity index (χ1v) is 11.0. The molecule has 194 valence electrons. The normalized spacial score (nSPS) is 11.2. The van der Waals surface area contributed by atoms with Crippen LogP contribution in [0.4, 0.5) is 19.0 Å². The van der Waals surface area contributed by atoms with Crippen LogP contribution in [0.25, 0.3) is 5.82 Å². The zero-order valence-electron chi connectivity index (χ0n) is 19.6. The summed E-state index contributed by atoms with van der Waals surface area (Å²) in [5.41, 5.74) is 0.640. The Morgan fingerprint density at radius 2 is 1.95 bits per heavy atom. The van der Waals surface area contributed by atoms with E-state index in [-0.39, 0.29) is 45.6 Å². The molecule has 0 saturated heterocycles. The lowest BCUT2D eigenvalue weighted by Crippen LogP contribution is -2.25. The number of nitrogens with zero attached hydrogens (tertiary/aromatic N) is 8. The van der Waals surface area contributed by atoms with Crippen LogP contribution in [0.2, 0.25) is 5.02 Å². The van der Waals surface area contributed by atoms with E-state index in [1.165, 1.54) is 42.2 Å². The SMILES string of the molecule is CNC(=O)c1cc(C#N)cc(C)c1C(=O)Nc1cc(Cn2nnc(C(F)(F)F)n2)nn1-c1ncccc1Cl. The van der Waals surface area contributed by atoms with Crippen LogP contribution in [-0.4, -0.2) is 53.8 Å². The smallest absolute Gasteiger partial charge is 0.355 e. The van der Waals surface area contributed by atoms with Crippen LogP contribution in [-0.2, 0) is 12.7 Å². The van der Waals surface area contributed by atoms with Gasteiger partial charge in [-0.25, -0.2) is 4.98 Å². The molecule has 0 bridgehead atoms. The number of carbonyl (C=O) groups is 2. The van der Waals surface area contributed by atoms with Crippen LogP contribution in [0.1, 0.15) is 43.4 Å². The van der Waals surface area contributed by atoms with Crippen LogP contribution in [0.3, 0.4) is 0 Å². The number of rotatable bonds is 6. The molecule has 3 heterocycles. The molecule has 38 heavy (non-hydrogen) atoms. The van der Waals surface area contributed by atoms with Crippen molar-refractivity contribution < 1.29 is 22.8 Å². The van der Waals surface area contributed by atoms with Gasteiger partial charge in [-0.15, -0.1) is 10.2 Å². The van der Waals surface area contributed by atoms with Gasteiger partial charge >= 0.3 is 6.18 Å². The van der Waals surface area contributed by atoms with Crippen molar-refractivity contribution in [3.63, 3.8) is 0 Å². The number of tetrazole rings is 1. The molecule has 0 aliphatic rings. The minimum atomic E-state index is -4.78. The number of anilines is 1. The Labute approximate surface area is 217 Å². The van der Waals surface area contributed by atoms with Gasteiger partial charge in [0.05, 0.1) is 33.5 Å². The van der Waals surface area contributed by atoms with Gasteiger partial charge in [-0.3, -0.25) is 9.59 Å². The second-order valence-corrected chi connectivity index (χ2v) is 8.15. The van der Waals surface area contributed by atoms with Gasteiger partial charge in [0, 0.05) is 19.3 Å². The van der Waals surface area contributed by atoms with Crippen LogP contribution in [0, 0.1) is 18.3 Å². The van der Waals surface area contributed by atoms with E-state index in [1.807, 2.05) is 6.07 Å². The third-order valence-electron chi connectivity index (χ3n) is 5.11. The number of nitrogens with one attached hydrogen (secondary N) is 2. The molecule has 0 aliphatic carbocycles. The van der Waals surface area contributed by atoms with Crippen molar-refractivity contribution >= 4 is 29.2 Å². The summed E-state index contributed by atoms with van der Waals surface area (Å²) < 4.78 is 39.8. The highest BCUT2D eigenvalue weighted by atomic mass is 35.5. The van der Waals surface area contributed by atoms with Crippen molar-refractivity contribution in [3.05, 3.63) is 75.3 Å². The molecule has 4 rings (SSSR count). The third kappa shape index (κ3) is 5.30. The highest BCUT2D eigenvalue weighted by Gasteiger charge is 2.37. The molecule has 3 aromatic heterocycles. The van der Waals surface area contributed by atoms with Crippen molar-refractivity contribution in [2.45, 2.75) is 19.6 Å². The van der Waals surface area contributed by atoms with E-state index < -0.39 is 23.8 Å². The van der Waals surface area contributed by atoms with Crippen molar-refractivity contribution in [3.8, 4) is 11.9 Å². The molecule has 4 aromatic rings. The Bertz CT molecular complexity index is 1590. The number of alkyl halides is 3. The minimum Gasteiger partial charge on any atom is -0.355 e. The largest absolute Gasteiger partial charge is 0.455 e. The first kappa shape index (κ1) is 26.2. The lowest BCUT2D eigenvalue weighted by Gasteiger charge is -2.14. The molecule has 0 aliphatic heterocycles. The minimum absolute atomic E-state index is 0.00229. The Morgan fingerprint density at radius 1 is 1.18 bits per heavy atom. The van der Waals surface area contributed by atoms with Gasteiger partial charge in [-0.05, 0) is 42.0 Å². The van der Waals surface area contributed by atoms with Gasteiger partial charge in [0.25, 0.3) is 17.6 Å². The van der Waals surface area contributed by atoms with Gasteiger partial charge in [-0.1, -0.05) is 11.6 Å². The maximum Gasteiger partial charge on any atom is 0.455 e. The van der Waals surface area contributed by atoms with Gasteiger partial charge in [0.2, 0.25) is 0 Å². The fraction of sp³-hybridized carbons (Fsp3) is 0.182. The Kier molecular flexibility index (Phi) is 7.08. The van der Waals surface area contributed by atoms with Gasteiger partial charge in [0.1, 0.15) is 12.4 Å². The highest BCUT2D eigenvalue weighted by molar-refractivity contribution is 6.32. The van der Waals surface area contributed by atoms with Crippen LogP contribution < -0.4 is 10.6 Å². The van der Waals surface area contributed by atoms with Crippen LogP contribution >= 0.6 is 11.6 Å². The fourth-order valence-corrected chi connectivity index (χ4v) is 3.71. The fourth-order valence-electron chi connectivity index (χ4n) is 3.51. The predicted octanol–water partition coefficient (Wildman–Crippen LogP) is 2.77. The molecule has 2 N–H and O–H groups in total. The standard InChI is InChI=1S/C22H16ClF3N10O2/c1-11-6-12(9-27)7-14(19(37)28-2)17(11)20(38)30-16-8-13(10-35-33-21(31-34-35)22(24,25)26)32-36(16)18-15(23)4-3-5-29-18/h3-8H,10H2,1-2H3,(H,28,37)(H,30,38). The Morgan fingerprint density at radius 3 is 2.58 bits per heavy atom.